The minimum Gasteiger partial charge on any atom is -0.465 e. The third-order valence-electron chi connectivity index (χ3n) is 2.59. The Bertz CT molecular complexity index is 400. The van der Waals surface area contributed by atoms with E-state index < -0.39 is 5.41 Å². The Morgan fingerprint density at radius 1 is 1.31 bits per heavy atom. The van der Waals surface area contributed by atoms with E-state index in [2.05, 4.69) is 0 Å². The standard InChI is InChI=1S/C12H18N2O2/c1-4-16-11(15)12(2,3)8-5-6-9(13)10(14)7-8/h5-7H,4,13-14H2,1-3H3. The third-order valence-corrected chi connectivity index (χ3v) is 2.59. The first-order chi connectivity index (χ1) is 7.39. The lowest BCUT2D eigenvalue weighted by atomic mass is 9.84. The minimum absolute atomic E-state index is 0.265. The first kappa shape index (κ1) is 12.4. The highest BCUT2D eigenvalue weighted by Gasteiger charge is 2.31. The number of hydrogen-bond acceptors (Lipinski definition) is 4. The van der Waals surface area contributed by atoms with E-state index in [-0.39, 0.29) is 5.97 Å². The summed E-state index contributed by atoms with van der Waals surface area (Å²) in [6.07, 6.45) is 0. The Kier molecular flexibility index (Phi) is 3.42. The highest BCUT2D eigenvalue weighted by atomic mass is 16.5. The molecule has 0 unspecified atom stereocenters. The van der Waals surface area contributed by atoms with Gasteiger partial charge in [-0.2, -0.15) is 0 Å². The van der Waals surface area contributed by atoms with Crippen molar-refractivity contribution in [2.75, 3.05) is 18.1 Å². The van der Waals surface area contributed by atoms with E-state index in [0.29, 0.717) is 18.0 Å². The van der Waals surface area contributed by atoms with Crippen molar-refractivity contribution in [3.63, 3.8) is 0 Å². The summed E-state index contributed by atoms with van der Waals surface area (Å²) in [5, 5.41) is 0. The van der Waals surface area contributed by atoms with Gasteiger partial charge in [0, 0.05) is 0 Å². The molecule has 0 atom stereocenters. The van der Waals surface area contributed by atoms with Gasteiger partial charge in [-0.3, -0.25) is 4.79 Å². The van der Waals surface area contributed by atoms with Crippen molar-refractivity contribution < 1.29 is 9.53 Å². The first-order valence-corrected chi connectivity index (χ1v) is 5.22. The van der Waals surface area contributed by atoms with Gasteiger partial charge in [0.1, 0.15) is 0 Å². The lowest BCUT2D eigenvalue weighted by molar-refractivity contribution is -0.148. The molecule has 0 amide bonds. The van der Waals surface area contributed by atoms with Gasteiger partial charge in [-0.1, -0.05) is 6.07 Å². The Morgan fingerprint density at radius 3 is 2.44 bits per heavy atom. The molecule has 0 fully saturated rings. The molecule has 0 heterocycles. The second kappa shape index (κ2) is 4.43. The number of ether oxygens (including phenoxy) is 1. The van der Waals surface area contributed by atoms with E-state index >= 15 is 0 Å². The van der Waals surface area contributed by atoms with Gasteiger partial charge in [0.25, 0.3) is 0 Å². The zero-order valence-electron chi connectivity index (χ0n) is 9.91. The molecule has 0 radical (unpaired) electrons. The van der Waals surface area contributed by atoms with Gasteiger partial charge in [-0.15, -0.1) is 0 Å². The minimum atomic E-state index is -0.710. The van der Waals surface area contributed by atoms with Crippen LogP contribution in [0.2, 0.25) is 0 Å². The van der Waals surface area contributed by atoms with Gasteiger partial charge in [0.05, 0.1) is 23.4 Å². The van der Waals surface area contributed by atoms with Crippen molar-refractivity contribution in [2.24, 2.45) is 0 Å². The summed E-state index contributed by atoms with van der Waals surface area (Å²) in [4.78, 5) is 11.8. The molecular formula is C12H18N2O2. The second-order valence-electron chi connectivity index (χ2n) is 4.19. The van der Waals surface area contributed by atoms with Crippen molar-refractivity contribution >= 4 is 17.3 Å². The van der Waals surface area contributed by atoms with Crippen LogP contribution in [-0.2, 0) is 14.9 Å². The maximum absolute atomic E-state index is 11.8. The smallest absolute Gasteiger partial charge is 0.315 e. The summed E-state index contributed by atoms with van der Waals surface area (Å²) >= 11 is 0. The van der Waals surface area contributed by atoms with Crippen molar-refractivity contribution in [3.05, 3.63) is 23.8 Å². The van der Waals surface area contributed by atoms with E-state index in [4.69, 9.17) is 16.2 Å². The van der Waals surface area contributed by atoms with Crippen LogP contribution >= 0.6 is 0 Å². The Balaban J connectivity index is 3.06. The largest absolute Gasteiger partial charge is 0.465 e. The first-order valence-electron chi connectivity index (χ1n) is 5.22. The summed E-state index contributed by atoms with van der Waals surface area (Å²) in [6.45, 7) is 5.75. The molecule has 0 saturated heterocycles. The SMILES string of the molecule is CCOC(=O)C(C)(C)c1ccc(N)c(N)c1. The average molecular weight is 222 g/mol. The molecule has 16 heavy (non-hydrogen) atoms. The van der Waals surface area contributed by atoms with Crippen LogP contribution in [0.25, 0.3) is 0 Å². The normalized spacial score (nSPS) is 11.2. The molecular weight excluding hydrogens is 204 g/mol. The van der Waals surface area contributed by atoms with Gasteiger partial charge in [-0.25, -0.2) is 0 Å². The quantitative estimate of drug-likeness (QED) is 0.602. The molecule has 0 aromatic heterocycles. The monoisotopic (exact) mass is 222 g/mol. The number of nitrogens with two attached hydrogens (primary N) is 2. The molecule has 4 N–H and O–H groups in total. The third kappa shape index (κ3) is 2.27. The van der Waals surface area contributed by atoms with E-state index in [1.54, 1.807) is 39.0 Å². The molecule has 0 aliphatic rings. The van der Waals surface area contributed by atoms with Crippen LogP contribution in [0.15, 0.2) is 18.2 Å². The van der Waals surface area contributed by atoms with Crippen molar-refractivity contribution in [1.29, 1.82) is 0 Å². The molecule has 0 aliphatic carbocycles. The zero-order chi connectivity index (χ0) is 12.3. The maximum Gasteiger partial charge on any atom is 0.315 e. The lowest BCUT2D eigenvalue weighted by Gasteiger charge is -2.23. The van der Waals surface area contributed by atoms with Gasteiger partial charge in [-0.05, 0) is 38.5 Å². The number of carbonyl (C=O) groups excluding carboxylic acids is 1. The van der Waals surface area contributed by atoms with Gasteiger partial charge < -0.3 is 16.2 Å². The van der Waals surface area contributed by atoms with Crippen molar-refractivity contribution in [1.82, 2.24) is 0 Å². The Labute approximate surface area is 95.6 Å². The molecule has 4 nitrogen and oxygen atoms in total. The highest BCUT2D eigenvalue weighted by Crippen LogP contribution is 2.28. The molecule has 0 saturated carbocycles. The summed E-state index contributed by atoms with van der Waals surface area (Å²) in [5.41, 5.74) is 12.4. The lowest BCUT2D eigenvalue weighted by Crippen LogP contribution is -2.31. The van der Waals surface area contributed by atoms with Crippen LogP contribution < -0.4 is 11.5 Å². The molecule has 88 valence electrons. The van der Waals surface area contributed by atoms with Gasteiger partial charge >= 0.3 is 5.97 Å². The number of anilines is 2. The van der Waals surface area contributed by atoms with Crippen molar-refractivity contribution in [3.8, 4) is 0 Å². The summed E-state index contributed by atoms with van der Waals surface area (Å²) < 4.78 is 5.02. The van der Waals surface area contributed by atoms with Gasteiger partial charge in [0.2, 0.25) is 0 Å². The number of benzene rings is 1. The number of carbonyl (C=O) groups is 1. The fourth-order valence-electron chi connectivity index (χ4n) is 1.39. The van der Waals surface area contributed by atoms with Crippen LogP contribution in [0.5, 0.6) is 0 Å². The summed E-state index contributed by atoms with van der Waals surface area (Å²) in [5.74, 6) is -0.265. The van der Waals surface area contributed by atoms with E-state index in [1.165, 1.54) is 0 Å². The maximum atomic E-state index is 11.8. The van der Waals surface area contributed by atoms with Crippen LogP contribution in [0.3, 0.4) is 0 Å². The second-order valence-corrected chi connectivity index (χ2v) is 4.19. The molecule has 0 aliphatic heterocycles. The highest BCUT2D eigenvalue weighted by molar-refractivity contribution is 5.83. The predicted molar refractivity (Wildman–Crippen MR) is 64.9 cm³/mol. The molecule has 4 heteroatoms. The fourth-order valence-corrected chi connectivity index (χ4v) is 1.39. The predicted octanol–water partition coefficient (Wildman–Crippen LogP) is 1.69. The summed E-state index contributed by atoms with van der Waals surface area (Å²) in [6, 6.07) is 5.21. The zero-order valence-corrected chi connectivity index (χ0v) is 9.91. The van der Waals surface area contributed by atoms with Crippen LogP contribution in [0.1, 0.15) is 26.3 Å². The Morgan fingerprint density at radius 2 is 1.94 bits per heavy atom. The molecule has 1 aromatic rings. The number of hydrogen-bond donors (Lipinski definition) is 2. The van der Waals surface area contributed by atoms with E-state index in [0.717, 1.165) is 5.56 Å². The Hall–Kier alpha value is -1.71. The van der Waals surface area contributed by atoms with E-state index in [9.17, 15) is 4.79 Å². The van der Waals surface area contributed by atoms with Crippen molar-refractivity contribution in [2.45, 2.75) is 26.2 Å². The van der Waals surface area contributed by atoms with Crippen LogP contribution in [0, 0.1) is 0 Å². The molecule has 1 aromatic carbocycles. The topological polar surface area (TPSA) is 78.3 Å². The van der Waals surface area contributed by atoms with Crippen LogP contribution in [0.4, 0.5) is 11.4 Å². The average Bonchev–Trinajstić information content (AvgIpc) is 2.22. The van der Waals surface area contributed by atoms with E-state index in [1.807, 2.05) is 0 Å². The number of esters is 1. The fraction of sp³-hybridized carbons (Fsp3) is 0.417. The molecule has 0 bridgehead atoms. The number of rotatable bonds is 3. The van der Waals surface area contributed by atoms with Crippen LogP contribution in [-0.4, -0.2) is 12.6 Å². The summed E-state index contributed by atoms with van der Waals surface area (Å²) in [7, 11) is 0. The van der Waals surface area contributed by atoms with Gasteiger partial charge in [0.15, 0.2) is 0 Å². The molecule has 1 rings (SSSR count). The number of nitrogen functional groups attached to an aromatic ring is 2. The molecule has 0 spiro atoms.